The Labute approximate surface area is 123 Å². The molecule has 0 spiro atoms. The van der Waals surface area contributed by atoms with Gasteiger partial charge in [0.2, 0.25) is 0 Å². The van der Waals surface area contributed by atoms with Crippen molar-refractivity contribution in [2.75, 3.05) is 14.1 Å². The van der Waals surface area contributed by atoms with Gasteiger partial charge in [-0.1, -0.05) is 19.9 Å². The van der Waals surface area contributed by atoms with Crippen molar-refractivity contribution in [1.82, 2.24) is 9.88 Å². The SMILES string of the molecule is CCC(CC)(C(O)C1CCCc2cccnc21)N(C)C. The third-order valence-electron chi connectivity index (χ3n) is 5.29. The van der Waals surface area contributed by atoms with Gasteiger partial charge in [0.1, 0.15) is 0 Å². The predicted octanol–water partition coefficient (Wildman–Crippen LogP) is 2.98. The highest BCUT2D eigenvalue weighted by atomic mass is 16.3. The minimum absolute atomic E-state index is 0.156. The molecule has 1 aliphatic rings. The van der Waals surface area contributed by atoms with Crippen LogP contribution in [0.5, 0.6) is 0 Å². The summed E-state index contributed by atoms with van der Waals surface area (Å²) < 4.78 is 0. The molecule has 20 heavy (non-hydrogen) atoms. The zero-order valence-corrected chi connectivity index (χ0v) is 13.3. The van der Waals surface area contributed by atoms with Crippen LogP contribution < -0.4 is 0 Å². The number of hydrogen-bond donors (Lipinski definition) is 1. The Kier molecular flexibility index (Phi) is 4.82. The molecule has 1 aliphatic carbocycles. The van der Waals surface area contributed by atoms with E-state index in [1.807, 2.05) is 12.3 Å². The van der Waals surface area contributed by atoms with Gasteiger partial charge < -0.3 is 10.0 Å². The molecule has 2 atom stereocenters. The fraction of sp³-hybridized carbons (Fsp3) is 0.706. The summed E-state index contributed by atoms with van der Waals surface area (Å²) in [4.78, 5) is 6.79. The first-order chi connectivity index (χ1) is 9.56. The first-order valence-corrected chi connectivity index (χ1v) is 7.86. The lowest BCUT2D eigenvalue weighted by Gasteiger charge is -2.46. The fourth-order valence-electron chi connectivity index (χ4n) is 3.89. The molecule has 0 fully saturated rings. The predicted molar refractivity (Wildman–Crippen MR) is 82.9 cm³/mol. The summed E-state index contributed by atoms with van der Waals surface area (Å²) in [5.74, 6) is 0.169. The van der Waals surface area contributed by atoms with Gasteiger partial charge in [-0.05, 0) is 57.8 Å². The maximum absolute atomic E-state index is 11.1. The van der Waals surface area contributed by atoms with Crippen LogP contribution in [0.2, 0.25) is 0 Å². The van der Waals surface area contributed by atoms with E-state index in [2.05, 4.69) is 43.9 Å². The summed E-state index contributed by atoms with van der Waals surface area (Å²) in [6, 6.07) is 4.17. The summed E-state index contributed by atoms with van der Waals surface area (Å²) >= 11 is 0. The number of likely N-dealkylation sites (N-methyl/N-ethyl adjacent to an activating group) is 1. The lowest BCUT2D eigenvalue weighted by molar-refractivity contribution is -0.0326. The molecular weight excluding hydrogens is 248 g/mol. The zero-order chi connectivity index (χ0) is 14.8. The second-order valence-electron chi connectivity index (χ2n) is 6.20. The summed E-state index contributed by atoms with van der Waals surface area (Å²) in [5.41, 5.74) is 2.29. The van der Waals surface area contributed by atoms with Crippen LogP contribution in [0.1, 0.15) is 56.7 Å². The molecule has 0 saturated heterocycles. The van der Waals surface area contributed by atoms with Gasteiger partial charge in [0.05, 0.1) is 6.10 Å². The number of nitrogens with zero attached hydrogens (tertiary/aromatic N) is 2. The number of pyridine rings is 1. The third kappa shape index (κ3) is 2.49. The smallest absolute Gasteiger partial charge is 0.0806 e. The molecule has 1 heterocycles. The van der Waals surface area contributed by atoms with Crippen LogP contribution >= 0.6 is 0 Å². The van der Waals surface area contributed by atoms with E-state index in [0.717, 1.165) is 37.8 Å². The van der Waals surface area contributed by atoms with Crippen molar-refractivity contribution in [1.29, 1.82) is 0 Å². The first kappa shape index (κ1) is 15.5. The molecule has 0 amide bonds. The number of aliphatic hydroxyl groups is 1. The molecule has 1 aromatic rings. The van der Waals surface area contributed by atoms with Crippen molar-refractivity contribution in [3.63, 3.8) is 0 Å². The van der Waals surface area contributed by atoms with Gasteiger partial charge in [-0.2, -0.15) is 0 Å². The summed E-state index contributed by atoms with van der Waals surface area (Å²) in [7, 11) is 4.16. The molecule has 0 aromatic carbocycles. The first-order valence-electron chi connectivity index (χ1n) is 7.86. The van der Waals surface area contributed by atoms with E-state index in [4.69, 9.17) is 0 Å². The van der Waals surface area contributed by atoms with Crippen LogP contribution in [-0.4, -0.2) is 40.7 Å². The monoisotopic (exact) mass is 276 g/mol. The van der Waals surface area contributed by atoms with Gasteiger partial charge in [0, 0.05) is 23.3 Å². The van der Waals surface area contributed by atoms with Crippen molar-refractivity contribution in [2.24, 2.45) is 0 Å². The van der Waals surface area contributed by atoms with Crippen molar-refractivity contribution >= 4 is 0 Å². The molecule has 112 valence electrons. The number of rotatable bonds is 5. The average molecular weight is 276 g/mol. The van der Waals surface area contributed by atoms with Crippen molar-refractivity contribution in [3.8, 4) is 0 Å². The Balaban J connectivity index is 2.36. The lowest BCUT2D eigenvalue weighted by atomic mass is 9.73. The van der Waals surface area contributed by atoms with Gasteiger partial charge in [-0.3, -0.25) is 4.98 Å². The van der Waals surface area contributed by atoms with Crippen LogP contribution in [0.25, 0.3) is 0 Å². The minimum atomic E-state index is -0.360. The molecule has 0 bridgehead atoms. The summed E-state index contributed by atoms with van der Waals surface area (Å²) in [6.07, 6.45) is 6.70. The van der Waals surface area contributed by atoms with E-state index in [-0.39, 0.29) is 17.6 Å². The molecule has 3 nitrogen and oxygen atoms in total. The second-order valence-corrected chi connectivity index (χ2v) is 6.20. The highest BCUT2D eigenvalue weighted by Crippen LogP contribution is 2.40. The Bertz CT molecular complexity index is 440. The van der Waals surface area contributed by atoms with Gasteiger partial charge in [-0.15, -0.1) is 0 Å². The highest BCUT2D eigenvalue weighted by molar-refractivity contribution is 5.28. The Morgan fingerprint density at radius 3 is 2.70 bits per heavy atom. The Morgan fingerprint density at radius 1 is 1.40 bits per heavy atom. The molecule has 0 radical (unpaired) electrons. The molecule has 1 aromatic heterocycles. The average Bonchev–Trinajstić information content (AvgIpc) is 2.48. The number of fused-ring (bicyclic) bond motifs is 1. The number of aliphatic hydroxyl groups excluding tert-OH is 1. The Hall–Kier alpha value is -0.930. The van der Waals surface area contributed by atoms with Crippen LogP contribution in [0.4, 0.5) is 0 Å². The van der Waals surface area contributed by atoms with Gasteiger partial charge in [0.25, 0.3) is 0 Å². The molecule has 2 unspecified atom stereocenters. The number of hydrogen-bond acceptors (Lipinski definition) is 3. The quantitative estimate of drug-likeness (QED) is 0.898. The van der Waals surface area contributed by atoms with E-state index in [1.54, 1.807) is 0 Å². The van der Waals surface area contributed by atoms with E-state index < -0.39 is 0 Å². The zero-order valence-electron chi connectivity index (χ0n) is 13.3. The van der Waals surface area contributed by atoms with E-state index in [1.165, 1.54) is 5.56 Å². The molecule has 2 rings (SSSR count). The van der Waals surface area contributed by atoms with Crippen LogP contribution in [-0.2, 0) is 6.42 Å². The Morgan fingerprint density at radius 2 is 2.10 bits per heavy atom. The van der Waals surface area contributed by atoms with Crippen molar-refractivity contribution in [3.05, 3.63) is 29.6 Å². The molecule has 0 saturated carbocycles. The van der Waals surface area contributed by atoms with E-state index in [9.17, 15) is 5.11 Å². The topological polar surface area (TPSA) is 36.4 Å². The number of aromatic nitrogens is 1. The normalized spacial score (nSPS) is 20.8. The number of aryl methyl sites for hydroxylation is 1. The minimum Gasteiger partial charge on any atom is -0.390 e. The van der Waals surface area contributed by atoms with Gasteiger partial charge in [-0.25, -0.2) is 0 Å². The second kappa shape index (κ2) is 6.23. The molecule has 1 N–H and O–H groups in total. The van der Waals surface area contributed by atoms with Crippen LogP contribution in [0.3, 0.4) is 0 Å². The molecule has 3 heteroatoms. The summed E-state index contributed by atoms with van der Waals surface area (Å²) in [5, 5.41) is 11.1. The lowest BCUT2D eigenvalue weighted by Crippen LogP contribution is -2.55. The van der Waals surface area contributed by atoms with Crippen molar-refractivity contribution in [2.45, 2.75) is 63.5 Å². The largest absolute Gasteiger partial charge is 0.390 e. The van der Waals surface area contributed by atoms with Crippen molar-refractivity contribution < 1.29 is 5.11 Å². The van der Waals surface area contributed by atoms with E-state index in [0.29, 0.717) is 0 Å². The maximum Gasteiger partial charge on any atom is 0.0806 e. The summed E-state index contributed by atoms with van der Waals surface area (Å²) in [6.45, 7) is 4.35. The molecule has 0 aliphatic heterocycles. The van der Waals surface area contributed by atoms with Crippen LogP contribution in [0, 0.1) is 0 Å². The standard InChI is InChI=1S/C17H28N2O/c1-5-17(6-2,19(3)4)16(20)14-11-7-9-13-10-8-12-18-15(13)14/h8,10,12,14,16,20H,5-7,9,11H2,1-4H3. The van der Waals surface area contributed by atoms with Gasteiger partial charge in [0.15, 0.2) is 0 Å². The van der Waals surface area contributed by atoms with Gasteiger partial charge >= 0.3 is 0 Å². The maximum atomic E-state index is 11.1. The molecular formula is C17H28N2O. The third-order valence-corrected chi connectivity index (χ3v) is 5.29. The highest BCUT2D eigenvalue weighted by Gasteiger charge is 2.43. The van der Waals surface area contributed by atoms with E-state index >= 15 is 0 Å². The fourth-order valence-corrected chi connectivity index (χ4v) is 3.89. The van der Waals surface area contributed by atoms with Crippen LogP contribution in [0.15, 0.2) is 18.3 Å².